The molecule has 0 atom stereocenters. The lowest BCUT2D eigenvalue weighted by atomic mass is 10.1. The third kappa shape index (κ3) is 5.41. The monoisotopic (exact) mass is 450 g/mol. The number of imide groups is 2. The van der Waals surface area contributed by atoms with Crippen molar-refractivity contribution in [2.45, 2.75) is 6.42 Å². The number of urea groups is 1. The highest BCUT2D eigenvalue weighted by Crippen LogP contribution is 2.28. The second-order valence-corrected chi connectivity index (χ2v) is 7.31. The first-order valence-corrected chi connectivity index (χ1v) is 10.3. The van der Waals surface area contributed by atoms with Crippen LogP contribution < -0.4 is 14.2 Å². The van der Waals surface area contributed by atoms with Crippen molar-refractivity contribution in [2.75, 3.05) is 34.4 Å². The van der Waals surface area contributed by atoms with Gasteiger partial charge >= 0.3 is 6.03 Å². The standard InChI is InChI=1S/C25H26N2O6/c1-5-6-17-9-12-21(22(16-17)31-4)33-14-13-32-19-10-7-18(8-11-19)15-20-23(28)26(2)25(30)27(3)24(20)29/h5,7-12,15-16H,1,6,13-14H2,2-4H3. The lowest BCUT2D eigenvalue weighted by Gasteiger charge is -2.28. The van der Waals surface area contributed by atoms with Gasteiger partial charge in [0.1, 0.15) is 24.5 Å². The van der Waals surface area contributed by atoms with Crippen molar-refractivity contribution in [2.24, 2.45) is 0 Å². The Bertz CT molecular complexity index is 1060. The number of amides is 4. The molecule has 1 saturated heterocycles. The number of nitrogens with zero attached hydrogens (tertiary/aromatic N) is 2. The molecule has 0 aromatic heterocycles. The Balaban J connectivity index is 1.57. The van der Waals surface area contributed by atoms with E-state index < -0.39 is 17.8 Å². The van der Waals surface area contributed by atoms with E-state index in [4.69, 9.17) is 14.2 Å². The average Bonchev–Trinajstić information content (AvgIpc) is 2.83. The number of barbiturate groups is 1. The van der Waals surface area contributed by atoms with Gasteiger partial charge in [0, 0.05) is 14.1 Å². The van der Waals surface area contributed by atoms with Crippen molar-refractivity contribution in [3.63, 3.8) is 0 Å². The van der Waals surface area contributed by atoms with Gasteiger partial charge in [-0.15, -0.1) is 6.58 Å². The molecular formula is C25H26N2O6. The summed E-state index contributed by atoms with van der Waals surface area (Å²) >= 11 is 0. The summed E-state index contributed by atoms with van der Waals surface area (Å²) in [6.45, 7) is 4.37. The van der Waals surface area contributed by atoms with Crippen molar-refractivity contribution < 1.29 is 28.6 Å². The molecule has 8 nitrogen and oxygen atoms in total. The van der Waals surface area contributed by atoms with Gasteiger partial charge in [-0.05, 0) is 47.9 Å². The molecule has 4 amide bonds. The molecule has 2 aromatic rings. The second kappa shape index (κ2) is 10.5. The first-order valence-electron chi connectivity index (χ1n) is 10.3. The van der Waals surface area contributed by atoms with E-state index in [1.54, 1.807) is 31.4 Å². The van der Waals surface area contributed by atoms with E-state index in [0.717, 1.165) is 21.8 Å². The second-order valence-electron chi connectivity index (χ2n) is 7.31. The smallest absolute Gasteiger partial charge is 0.333 e. The third-order valence-electron chi connectivity index (χ3n) is 5.05. The van der Waals surface area contributed by atoms with Crippen molar-refractivity contribution in [3.8, 4) is 17.2 Å². The van der Waals surface area contributed by atoms with E-state index in [0.29, 0.717) is 36.0 Å². The molecule has 2 aromatic carbocycles. The number of benzene rings is 2. The first kappa shape index (κ1) is 23.6. The van der Waals surface area contributed by atoms with E-state index in [9.17, 15) is 14.4 Å². The lowest BCUT2D eigenvalue weighted by Crippen LogP contribution is -2.52. The quantitative estimate of drug-likeness (QED) is 0.252. The van der Waals surface area contributed by atoms with E-state index in [1.807, 2.05) is 24.3 Å². The van der Waals surface area contributed by atoms with E-state index in [-0.39, 0.29) is 5.57 Å². The van der Waals surface area contributed by atoms with Gasteiger partial charge in [0.25, 0.3) is 11.8 Å². The minimum Gasteiger partial charge on any atom is -0.493 e. The van der Waals surface area contributed by atoms with Crippen LogP contribution in [-0.4, -0.2) is 62.1 Å². The molecule has 0 saturated carbocycles. The van der Waals surface area contributed by atoms with Crippen LogP contribution >= 0.6 is 0 Å². The first-order chi connectivity index (χ1) is 15.8. The maximum Gasteiger partial charge on any atom is 0.333 e. The maximum atomic E-state index is 12.3. The number of rotatable bonds is 9. The zero-order valence-electron chi connectivity index (χ0n) is 18.9. The Kier molecular flexibility index (Phi) is 7.50. The molecule has 33 heavy (non-hydrogen) atoms. The highest BCUT2D eigenvalue weighted by molar-refractivity contribution is 6.30. The fourth-order valence-electron chi connectivity index (χ4n) is 3.24. The summed E-state index contributed by atoms with van der Waals surface area (Å²) in [4.78, 5) is 38.2. The number of methoxy groups -OCH3 is 1. The molecule has 0 radical (unpaired) electrons. The number of allylic oxidation sites excluding steroid dienone is 1. The summed E-state index contributed by atoms with van der Waals surface area (Å²) in [5.41, 5.74) is 1.65. The highest BCUT2D eigenvalue weighted by atomic mass is 16.5. The van der Waals surface area contributed by atoms with Crippen LogP contribution in [0.2, 0.25) is 0 Å². The molecular weight excluding hydrogens is 424 g/mol. The summed E-state index contributed by atoms with van der Waals surface area (Å²) in [6, 6.07) is 12.0. The number of carbonyl (C=O) groups excluding carboxylic acids is 3. The van der Waals surface area contributed by atoms with Crippen molar-refractivity contribution in [1.82, 2.24) is 9.80 Å². The Morgan fingerprint density at radius 3 is 2.12 bits per heavy atom. The van der Waals surface area contributed by atoms with Gasteiger partial charge in [-0.3, -0.25) is 19.4 Å². The molecule has 1 aliphatic heterocycles. The fourth-order valence-corrected chi connectivity index (χ4v) is 3.24. The lowest BCUT2D eigenvalue weighted by molar-refractivity contribution is -0.134. The third-order valence-corrected chi connectivity index (χ3v) is 5.05. The van der Waals surface area contributed by atoms with Crippen molar-refractivity contribution >= 4 is 23.9 Å². The summed E-state index contributed by atoms with van der Waals surface area (Å²) in [7, 11) is 4.27. The van der Waals surface area contributed by atoms with Crippen LogP contribution in [0.3, 0.4) is 0 Å². The van der Waals surface area contributed by atoms with Gasteiger partial charge in [-0.2, -0.15) is 0 Å². The molecule has 0 N–H and O–H groups in total. The van der Waals surface area contributed by atoms with Crippen LogP contribution in [0.15, 0.2) is 60.7 Å². The van der Waals surface area contributed by atoms with Gasteiger partial charge in [-0.25, -0.2) is 4.79 Å². The number of hydrogen-bond donors (Lipinski definition) is 0. The van der Waals surface area contributed by atoms with E-state index in [1.165, 1.54) is 20.2 Å². The van der Waals surface area contributed by atoms with Crippen molar-refractivity contribution in [1.29, 1.82) is 0 Å². The molecule has 0 bridgehead atoms. The minimum atomic E-state index is -0.654. The summed E-state index contributed by atoms with van der Waals surface area (Å²) in [5, 5.41) is 0. The van der Waals surface area contributed by atoms with Gasteiger partial charge in [-0.1, -0.05) is 24.3 Å². The Morgan fingerprint density at radius 1 is 0.879 bits per heavy atom. The number of ether oxygens (including phenoxy) is 3. The van der Waals surface area contributed by atoms with Crippen LogP contribution in [0.25, 0.3) is 6.08 Å². The average molecular weight is 450 g/mol. The molecule has 0 aliphatic carbocycles. The molecule has 8 heteroatoms. The van der Waals surface area contributed by atoms with Crippen LogP contribution in [0.1, 0.15) is 11.1 Å². The largest absolute Gasteiger partial charge is 0.493 e. The highest BCUT2D eigenvalue weighted by Gasteiger charge is 2.37. The van der Waals surface area contributed by atoms with E-state index in [2.05, 4.69) is 6.58 Å². The van der Waals surface area contributed by atoms with Gasteiger partial charge in [0.15, 0.2) is 11.5 Å². The van der Waals surface area contributed by atoms with Crippen LogP contribution in [0.5, 0.6) is 17.2 Å². The SMILES string of the molecule is C=CCc1ccc(OCCOc2ccc(C=C3C(=O)N(C)C(=O)N(C)C3=O)cc2)c(OC)c1. The summed E-state index contributed by atoms with van der Waals surface area (Å²) in [5.74, 6) is 0.629. The van der Waals surface area contributed by atoms with E-state index >= 15 is 0 Å². The molecule has 172 valence electrons. The van der Waals surface area contributed by atoms with Gasteiger partial charge in [0.2, 0.25) is 0 Å². The predicted octanol–water partition coefficient (Wildman–Crippen LogP) is 3.32. The molecule has 1 fully saturated rings. The summed E-state index contributed by atoms with van der Waals surface area (Å²) < 4.78 is 16.8. The maximum absolute atomic E-state index is 12.3. The van der Waals surface area contributed by atoms with Gasteiger partial charge < -0.3 is 14.2 Å². The zero-order valence-corrected chi connectivity index (χ0v) is 18.9. The van der Waals surface area contributed by atoms with Crippen LogP contribution in [-0.2, 0) is 16.0 Å². The molecule has 1 aliphatic rings. The van der Waals surface area contributed by atoms with Crippen molar-refractivity contribution in [3.05, 3.63) is 71.8 Å². The number of likely N-dealkylation sites (N-methyl/N-ethyl adjacent to an activating group) is 2. The Morgan fingerprint density at radius 2 is 1.52 bits per heavy atom. The summed E-state index contributed by atoms with van der Waals surface area (Å²) in [6.07, 6.45) is 4.03. The normalized spacial score (nSPS) is 13.8. The zero-order chi connectivity index (χ0) is 24.0. The Labute approximate surface area is 192 Å². The van der Waals surface area contributed by atoms with Gasteiger partial charge in [0.05, 0.1) is 7.11 Å². The van der Waals surface area contributed by atoms with Crippen LogP contribution in [0.4, 0.5) is 4.79 Å². The molecule has 1 heterocycles. The Hall–Kier alpha value is -4.07. The predicted molar refractivity (Wildman–Crippen MR) is 123 cm³/mol. The molecule has 0 spiro atoms. The fraction of sp³-hybridized carbons (Fsp3) is 0.240. The minimum absolute atomic E-state index is 0.0743. The number of carbonyl (C=O) groups is 3. The number of hydrogen-bond acceptors (Lipinski definition) is 6. The molecule has 3 rings (SSSR count). The van der Waals surface area contributed by atoms with Crippen LogP contribution in [0, 0.1) is 0 Å². The molecule has 0 unspecified atom stereocenters. The topological polar surface area (TPSA) is 85.4 Å².